The van der Waals surface area contributed by atoms with E-state index in [0.29, 0.717) is 11.4 Å². The molecule has 0 bridgehead atoms. The van der Waals surface area contributed by atoms with Crippen LogP contribution in [0.2, 0.25) is 0 Å². The van der Waals surface area contributed by atoms with Crippen molar-refractivity contribution < 1.29 is 24.2 Å². The van der Waals surface area contributed by atoms with E-state index in [0.717, 1.165) is 0 Å². The van der Waals surface area contributed by atoms with Crippen LogP contribution in [0.5, 0.6) is 0 Å². The van der Waals surface area contributed by atoms with Gasteiger partial charge in [-0.25, -0.2) is 14.8 Å². The minimum atomic E-state index is -1.25. The molecule has 0 saturated heterocycles. The van der Waals surface area contributed by atoms with Gasteiger partial charge in [0.05, 0.1) is 25.5 Å². The molecule has 1 aromatic carbocycles. The fourth-order valence-corrected chi connectivity index (χ4v) is 2.85. The van der Waals surface area contributed by atoms with Gasteiger partial charge in [0.15, 0.2) is 11.2 Å². The maximum Gasteiger partial charge on any atom is 0.326 e. The van der Waals surface area contributed by atoms with Gasteiger partial charge in [0.25, 0.3) is 11.5 Å². The number of amides is 1. The van der Waals surface area contributed by atoms with Crippen LogP contribution in [0.4, 0.5) is 11.6 Å². The van der Waals surface area contributed by atoms with E-state index in [1.54, 1.807) is 12.1 Å². The van der Waals surface area contributed by atoms with E-state index < -0.39 is 29.4 Å². The molecule has 0 unspecified atom stereocenters. The molecule has 0 spiro atoms. The molecule has 0 aliphatic heterocycles. The predicted octanol–water partition coefficient (Wildman–Crippen LogP) is -0.337. The van der Waals surface area contributed by atoms with Crippen LogP contribution in [-0.2, 0) is 20.9 Å². The molecule has 0 saturated carbocycles. The monoisotopic (exact) mass is 478 g/mol. The average Bonchev–Trinajstić information content (AvgIpc) is 2.80. The number of nitrogens with one attached hydrogen (secondary N) is 3. The third kappa shape index (κ3) is 6.97. The molecule has 0 fully saturated rings. The third-order valence-corrected chi connectivity index (χ3v) is 4.58. The number of carboxylic acids is 1. The molecule has 2 heterocycles. The summed E-state index contributed by atoms with van der Waals surface area (Å²) in [7, 11) is 1.20. The molecular formula is C20H21N7NaO6. The number of nitrogen functional groups attached to an aromatic ring is 1. The summed E-state index contributed by atoms with van der Waals surface area (Å²) >= 11 is 0. The van der Waals surface area contributed by atoms with Crippen molar-refractivity contribution in [3.05, 3.63) is 52.1 Å². The molecule has 6 N–H and O–H groups in total. The van der Waals surface area contributed by atoms with Crippen LogP contribution in [0.15, 0.2) is 35.3 Å². The second kappa shape index (κ2) is 12.1. The second-order valence-corrected chi connectivity index (χ2v) is 6.89. The van der Waals surface area contributed by atoms with Crippen molar-refractivity contribution >= 4 is 70.2 Å². The van der Waals surface area contributed by atoms with Crippen LogP contribution < -0.4 is 21.9 Å². The summed E-state index contributed by atoms with van der Waals surface area (Å²) in [6, 6.07) is 5.06. The first kappa shape index (κ1) is 26.7. The SMILES string of the molecule is COC(=O)CC[C@H](NC(=O)c1ccc(NCc2cnc3nc(N)[nH]c(=O)c3n2)cc1)C(=O)O.[Na]. The predicted molar refractivity (Wildman–Crippen MR) is 122 cm³/mol. The molecular weight excluding hydrogens is 457 g/mol. The maximum absolute atomic E-state index is 12.4. The molecule has 0 aliphatic carbocycles. The minimum Gasteiger partial charge on any atom is -0.480 e. The van der Waals surface area contributed by atoms with Gasteiger partial charge in [-0.1, -0.05) is 0 Å². The zero-order valence-corrected chi connectivity index (χ0v) is 20.5. The summed E-state index contributed by atoms with van der Waals surface area (Å²) in [5.74, 6) is -2.45. The van der Waals surface area contributed by atoms with Gasteiger partial charge in [-0.15, -0.1) is 0 Å². The molecule has 1 amide bonds. The number of aromatic nitrogens is 4. The van der Waals surface area contributed by atoms with Crippen LogP contribution in [0.3, 0.4) is 0 Å². The standard InChI is InChI=1S/C20H21N7O6.Na/c1-33-14(28)7-6-13(19(31)32)25-17(29)10-2-4-11(5-3-10)22-8-12-9-23-16-15(24-12)18(30)27-20(21)26-16;/h2-5,9,13,22H,6-8H2,1H3,(H,25,29)(H,31,32)(H3,21,23,26,27,30);/t13-;/m0./s1. The Morgan fingerprint density at radius 3 is 2.56 bits per heavy atom. The van der Waals surface area contributed by atoms with Crippen molar-refractivity contribution in [2.75, 3.05) is 18.2 Å². The van der Waals surface area contributed by atoms with Crippen LogP contribution >= 0.6 is 0 Å². The largest absolute Gasteiger partial charge is 0.480 e. The number of benzene rings is 1. The number of hydrogen-bond acceptors (Lipinski definition) is 10. The number of ether oxygens (including phenoxy) is 1. The summed E-state index contributed by atoms with van der Waals surface area (Å²) < 4.78 is 4.48. The van der Waals surface area contributed by atoms with E-state index in [-0.39, 0.29) is 71.6 Å². The molecule has 34 heavy (non-hydrogen) atoms. The molecule has 3 aromatic rings. The van der Waals surface area contributed by atoms with Crippen molar-refractivity contribution in [3.63, 3.8) is 0 Å². The zero-order valence-electron chi connectivity index (χ0n) is 18.5. The Balaban J connectivity index is 0.00000408. The number of esters is 1. The molecule has 14 heteroatoms. The molecule has 0 aliphatic rings. The van der Waals surface area contributed by atoms with Crippen LogP contribution in [-0.4, -0.2) is 85.6 Å². The number of aliphatic carboxylic acids is 1. The Bertz CT molecular complexity index is 1250. The summed E-state index contributed by atoms with van der Waals surface area (Å²) in [4.78, 5) is 61.4. The normalized spacial score (nSPS) is 11.2. The fraction of sp³-hybridized carbons (Fsp3) is 0.250. The van der Waals surface area contributed by atoms with E-state index in [9.17, 15) is 24.3 Å². The number of H-pyrrole nitrogens is 1. The van der Waals surface area contributed by atoms with Crippen molar-refractivity contribution in [2.45, 2.75) is 25.4 Å². The Morgan fingerprint density at radius 1 is 1.21 bits per heavy atom. The number of nitrogens with two attached hydrogens (primary N) is 1. The maximum atomic E-state index is 12.4. The number of methoxy groups -OCH3 is 1. The smallest absolute Gasteiger partial charge is 0.326 e. The van der Waals surface area contributed by atoms with Crippen molar-refractivity contribution in [2.24, 2.45) is 0 Å². The first-order chi connectivity index (χ1) is 15.8. The average molecular weight is 478 g/mol. The number of carbonyl (C=O) groups excluding carboxylic acids is 2. The zero-order chi connectivity index (χ0) is 24.0. The van der Waals surface area contributed by atoms with Crippen molar-refractivity contribution in [1.82, 2.24) is 25.3 Å². The second-order valence-electron chi connectivity index (χ2n) is 6.89. The molecule has 2 aromatic heterocycles. The van der Waals surface area contributed by atoms with E-state index in [4.69, 9.17) is 5.73 Å². The van der Waals surface area contributed by atoms with Gasteiger partial charge in [0, 0.05) is 47.2 Å². The number of fused-ring (bicyclic) bond motifs is 1. The van der Waals surface area contributed by atoms with Gasteiger partial charge >= 0.3 is 11.9 Å². The number of anilines is 2. The van der Waals surface area contributed by atoms with Crippen molar-refractivity contribution in [3.8, 4) is 0 Å². The number of rotatable bonds is 9. The molecule has 173 valence electrons. The Hall–Kier alpha value is -3.55. The van der Waals surface area contributed by atoms with E-state index in [1.807, 2.05) is 0 Å². The molecule has 13 nitrogen and oxygen atoms in total. The summed E-state index contributed by atoms with van der Waals surface area (Å²) in [6.45, 7) is 0.243. The summed E-state index contributed by atoms with van der Waals surface area (Å²) in [5.41, 5.74) is 6.57. The van der Waals surface area contributed by atoms with Gasteiger partial charge in [-0.05, 0) is 30.7 Å². The molecule has 3 rings (SSSR count). The van der Waals surface area contributed by atoms with Gasteiger partial charge in [0.1, 0.15) is 6.04 Å². The van der Waals surface area contributed by atoms with Gasteiger partial charge in [-0.2, -0.15) is 4.98 Å². The number of aromatic amines is 1. The summed E-state index contributed by atoms with van der Waals surface area (Å²) in [5, 5.41) is 14.7. The van der Waals surface area contributed by atoms with Gasteiger partial charge in [0.2, 0.25) is 5.95 Å². The Labute approximate surface area is 214 Å². The quantitative estimate of drug-likeness (QED) is 0.199. The molecule has 1 atom stereocenters. The van der Waals surface area contributed by atoms with E-state index in [2.05, 4.69) is 35.3 Å². The van der Waals surface area contributed by atoms with Crippen LogP contribution in [0, 0.1) is 0 Å². The van der Waals surface area contributed by atoms with Crippen LogP contribution in [0.25, 0.3) is 11.2 Å². The van der Waals surface area contributed by atoms with Gasteiger partial charge < -0.3 is 26.2 Å². The minimum absolute atomic E-state index is 0. The van der Waals surface area contributed by atoms with Crippen LogP contribution in [0.1, 0.15) is 28.9 Å². The topological polar surface area (TPSA) is 202 Å². The van der Waals surface area contributed by atoms with Gasteiger partial charge in [-0.3, -0.25) is 19.4 Å². The van der Waals surface area contributed by atoms with Crippen molar-refractivity contribution in [1.29, 1.82) is 0 Å². The van der Waals surface area contributed by atoms with E-state index in [1.165, 1.54) is 25.4 Å². The number of hydrogen-bond donors (Lipinski definition) is 5. The first-order valence-corrected chi connectivity index (χ1v) is 9.72. The fourth-order valence-electron chi connectivity index (χ4n) is 2.85. The molecule has 1 radical (unpaired) electrons. The van der Waals surface area contributed by atoms with E-state index >= 15 is 0 Å². The Morgan fingerprint density at radius 2 is 1.91 bits per heavy atom. The first-order valence-electron chi connectivity index (χ1n) is 9.72. The Kier molecular flexibility index (Phi) is 9.47. The summed E-state index contributed by atoms with van der Waals surface area (Å²) in [6.07, 6.45) is 1.23. The number of carbonyl (C=O) groups is 3. The number of nitrogens with zero attached hydrogens (tertiary/aromatic N) is 3. The third-order valence-electron chi connectivity index (χ3n) is 4.58. The number of carboxylic acid groups (broad SMARTS) is 1.